The molecule has 4 atom stereocenters. The van der Waals surface area contributed by atoms with E-state index >= 15 is 0 Å². The van der Waals surface area contributed by atoms with Crippen LogP contribution in [0.25, 0.3) is 33.6 Å². The van der Waals surface area contributed by atoms with Crippen LogP contribution in [0.5, 0.6) is 0 Å². The van der Waals surface area contributed by atoms with E-state index in [0.29, 0.717) is 11.9 Å². The van der Waals surface area contributed by atoms with Crippen molar-refractivity contribution in [1.29, 1.82) is 0 Å². The van der Waals surface area contributed by atoms with Gasteiger partial charge in [0.25, 0.3) is 0 Å². The van der Waals surface area contributed by atoms with Crippen molar-refractivity contribution in [2.75, 3.05) is 0 Å². The Balaban J connectivity index is 1.23. The van der Waals surface area contributed by atoms with E-state index in [1.165, 1.54) is 0 Å². The van der Waals surface area contributed by atoms with Gasteiger partial charge in [-0.15, -0.1) is 0 Å². The van der Waals surface area contributed by atoms with E-state index in [1.807, 2.05) is 43.8 Å². The largest absolute Gasteiger partial charge is 0.308 e. The fourth-order valence-electron chi connectivity index (χ4n) is 4.93. The molecule has 0 amide bonds. The predicted molar refractivity (Wildman–Crippen MR) is 119 cm³/mol. The maximum absolute atomic E-state index is 14.9. The number of benzene rings is 1. The summed E-state index contributed by atoms with van der Waals surface area (Å²) in [6.45, 7) is 0. The highest BCUT2D eigenvalue weighted by Crippen LogP contribution is 2.36. The second-order valence-electron chi connectivity index (χ2n) is 8.78. The Bertz CT molecular complexity index is 1250. The number of hydrogen-bond donors (Lipinski definition) is 1. The Morgan fingerprint density at radius 1 is 0.906 bits per heavy atom. The number of rotatable bonds is 4. The van der Waals surface area contributed by atoms with Gasteiger partial charge in [0.05, 0.1) is 18.4 Å². The van der Waals surface area contributed by atoms with E-state index in [2.05, 4.69) is 31.5 Å². The summed E-state index contributed by atoms with van der Waals surface area (Å²) in [4.78, 5) is 9.17. The normalized spacial score (nSPS) is 24.7. The molecule has 6 rings (SSSR count). The summed E-state index contributed by atoms with van der Waals surface area (Å²) >= 11 is 0. The summed E-state index contributed by atoms with van der Waals surface area (Å²) in [5.41, 5.74) is 4.84. The first-order chi connectivity index (χ1) is 15.6. The number of hydrogen-bond acceptors (Lipinski definition) is 5. The molecule has 2 aliphatic heterocycles. The Morgan fingerprint density at radius 3 is 2.50 bits per heavy atom. The molecule has 162 valence electrons. The molecule has 0 radical (unpaired) electrons. The van der Waals surface area contributed by atoms with E-state index in [4.69, 9.17) is 0 Å². The van der Waals surface area contributed by atoms with Gasteiger partial charge in [0, 0.05) is 66.2 Å². The first-order valence-corrected chi connectivity index (χ1v) is 11.0. The zero-order chi connectivity index (χ0) is 21.7. The number of piperidine rings is 1. The van der Waals surface area contributed by atoms with Gasteiger partial charge in [0.2, 0.25) is 0 Å². The molecule has 1 aromatic carbocycles. The van der Waals surface area contributed by atoms with Gasteiger partial charge in [-0.2, -0.15) is 10.2 Å². The summed E-state index contributed by atoms with van der Waals surface area (Å²) in [7, 11) is 1.90. The summed E-state index contributed by atoms with van der Waals surface area (Å²) in [6.07, 6.45) is 13.0. The first kappa shape index (κ1) is 19.3. The lowest BCUT2D eigenvalue weighted by Crippen LogP contribution is -2.47. The maximum atomic E-state index is 14.9. The standard InChI is InChI=1S/C24H24FN7/c1-31-13-18(11-28-31)15-3-2-4-16(7-15)24-26-9-17(10-27-24)19-12-29-32(14-19)22-8-20-5-6-21(30-20)23(22)25/h2-4,7,9-14,20-23,30H,5-6,8H2,1H3/t20-,21-,22-,23-/m1/s1. The molecule has 2 aliphatic rings. The van der Waals surface area contributed by atoms with Crippen molar-refractivity contribution in [2.45, 2.75) is 43.6 Å². The number of aromatic nitrogens is 6. The minimum atomic E-state index is -0.910. The van der Waals surface area contributed by atoms with Crippen LogP contribution >= 0.6 is 0 Å². The van der Waals surface area contributed by atoms with Crippen molar-refractivity contribution in [2.24, 2.45) is 7.05 Å². The lowest BCUT2D eigenvalue weighted by atomic mass is 9.98. The Morgan fingerprint density at radius 2 is 1.69 bits per heavy atom. The maximum Gasteiger partial charge on any atom is 0.159 e. The lowest BCUT2D eigenvalue weighted by molar-refractivity contribution is 0.129. The first-order valence-electron chi connectivity index (χ1n) is 11.0. The number of halogens is 1. The lowest BCUT2D eigenvalue weighted by Gasteiger charge is -2.32. The summed E-state index contributed by atoms with van der Waals surface area (Å²) in [5.74, 6) is 0.658. The third kappa shape index (κ3) is 3.40. The zero-order valence-electron chi connectivity index (χ0n) is 17.8. The van der Waals surface area contributed by atoms with Gasteiger partial charge < -0.3 is 5.32 Å². The number of aryl methyl sites for hydroxylation is 1. The summed E-state index contributed by atoms with van der Waals surface area (Å²) < 4.78 is 18.5. The average Bonchev–Trinajstić information content (AvgIpc) is 3.57. The van der Waals surface area contributed by atoms with E-state index in [9.17, 15) is 4.39 Å². The molecule has 7 nitrogen and oxygen atoms in total. The van der Waals surface area contributed by atoms with Crippen molar-refractivity contribution < 1.29 is 4.39 Å². The molecule has 0 aliphatic carbocycles. The molecule has 0 spiro atoms. The van der Waals surface area contributed by atoms with Crippen LogP contribution in [0, 0.1) is 0 Å². The van der Waals surface area contributed by atoms with Crippen molar-refractivity contribution in [3.05, 3.63) is 61.4 Å². The number of nitrogens with zero attached hydrogens (tertiary/aromatic N) is 6. The second kappa shape index (κ2) is 7.63. The van der Waals surface area contributed by atoms with Gasteiger partial charge in [-0.05, 0) is 30.9 Å². The number of fused-ring (bicyclic) bond motifs is 2. The zero-order valence-corrected chi connectivity index (χ0v) is 17.8. The molecule has 2 saturated heterocycles. The Kier molecular flexibility index (Phi) is 4.61. The van der Waals surface area contributed by atoms with Crippen LogP contribution in [0.2, 0.25) is 0 Å². The van der Waals surface area contributed by atoms with Gasteiger partial charge in [-0.1, -0.05) is 18.2 Å². The Hall–Kier alpha value is -3.39. The minimum Gasteiger partial charge on any atom is -0.308 e. The van der Waals surface area contributed by atoms with Crippen molar-refractivity contribution >= 4 is 0 Å². The van der Waals surface area contributed by atoms with E-state index in [-0.39, 0.29) is 12.1 Å². The third-order valence-corrected chi connectivity index (χ3v) is 6.64. The monoisotopic (exact) mass is 429 g/mol. The molecule has 2 bridgehead atoms. The summed E-state index contributed by atoms with van der Waals surface area (Å²) in [5, 5.41) is 12.1. The van der Waals surface area contributed by atoms with Crippen LogP contribution in [0.4, 0.5) is 4.39 Å². The second-order valence-corrected chi connectivity index (χ2v) is 8.78. The molecule has 0 unspecified atom stereocenters. The van der Waals surface area contributed by atoms with Gasteiger partial charge >= 0.3 is 0 Å². The van der Waals surface area contributed by atoms with Gasteiger partial charge in [-0.25, -0.2) is 14.4 Å². The molecule has 2 fully saturated rings. The molecule has 0 saturated carbocycles. The number of nitrogens with one attached hydrogen (secondary N) is 1. The van der Waals surface area contributed by atoms with Crippen LogP contribution in [0.3, 0.4) is 0 Å². The molecule has 32 heavy (non-hydrogen) atoms. The smallest absolute Gasteiger partial charge is 0.159 e. The molecular weight excluding hydrogens is 405 g/mol. The molecule has 5 heterocycles. The Labute approximate surface area is 185 Å². The van der Waals surface area contributed by atoms with Gasteiger partial charge in [0.1, 0.15) is 6.17 Å². The third-order valence-electron chi connectivity index (χ3n) is 6.64. The van der Waals surface area contributed by atoms with Gasteiger partial charge in [-0.3, -0.25) is 9.36 Å². The highest BCUT2D eigenvalue weighted by molar-refractivity contribution is 5.70. The fraction of sp³-hybridized carbons (Fsp3) is 0.333. The quantitative estimate of drug-likeness (QED) is 0.534. The summed E-state index contributed by atoms with van der Waals surface area (Å²) in [6, 6.07) is 8.26. The number of alkyl halides is 1. The van der Waals surface area contributed by atoms with Crippen molar-refractivity contribution in [1.82, 2.24) is 34.8 Å². The van der Waals surface area contributed by atoms with Crippen LogP contribution in [0.1, 0.15) is 25.3 Å². The van der Waals surface area contributed by atoms with Crippen LogP contribution < -0.4 is 5.32 Å². The molecule has 4 aromatic rings. The molecule has 8 heteroatoms. The SMILES string of the molecule is Cn1cc(-c2cccc(-c3ncc(-c4cnn([C@@H]5C[C@H]6CC[C@@H](N6)[C@H]5F)c4)cn3)c2)cn1. The van der Waals surface area contributed by atoms with E-state index < -0.39 is 6.17 Å². The topological polar surface area (TPSA) is 73.5 Å². The molecule has 1 N–H and O–H groups in total. The minimum absolute atomic E-state index is 0.0450. The van der Waals surface area contributed by atoms with Crippen LogP contribution in [0.15, 0.2) is 61.4 Å². The highest BCUT2D eigenvalue weighted by Gasteiger charge is 2.43. The van der Waals surface area contributed by atoms with Crippen LogP contribution in [-0.4, -0.2) is 47.8 Å². The fourth-order valence-corrected chi connectivity index (χ4v) is 4.93. The average molecular weight is 430 g/mol. The molecular formula is C24H24FN7. The van der Waals surface area contributed by atoms with E-state index in [1.54, 1.807) is 28.0 Å². The highest BCUT2D eigenvalue weighted by atomic mass is 19.1. The van der Waals surface area contributed by atoms with Gasteiger partial charge in [0.15, 0.2) is 5.82 Å². The van der Waals surface area contributed by atoms with Crippen LogP contribution in [-0.2, 0) is 7.05 Å². The van der Waals surface area contributed by atoms with Crippen molar-refractivity contribution in [3.8, 4) is 33.6 Å². The van der Waals surface area contributed by atoms with E-state index in [0.717, 1.165) is 47.1 Å². The van der Waals surface area contributed by atoms with Crippen molar-refractivity contribution in [3.63, 3.8) is 0 Å². The predicted octanol–water partition coefficient (Wildman–Crippen LogP) is 3.81. The molecule has 3 aromatic heterocycles.